The minimum Gasteiger partial charge on any atom is -0.490 e. The van der Waals surface area contributed by atoms with E-state index in [2.05, 4.69) is 5.32 Å². The lowest BCUT2D eigenvalue weighted by atomic mass is 10.1. The van der Waals surface area contributed by atoms with E-state index in [0.29, 0.717) is 47.7 Å². The number of halogens is 2. The fraction of sp³-hybridized carbons (Fsp3) is 0.350. The van der Waals surface area contributed by atoms with Crippen molar-refractivity contribution in [3.8, 4) is 17.2 Å². The predicted octanol–water partition coefficient (Wildman–Crippen LogP) is 4.53. The molecule has 0 spiro atoms. The summed E-state index contributed by atoms with van der Waals surface area (Å²) in [5.41, 5.74) is 1.05. The minimum atomic E-state index is -0.220. The maximum absolute atomic E-state index is 11.9. The van der Waals surface area contributed by atoms with Gasteiger partial charge in [0.1, 0.15) is 5.75 Å². The van der Waals surface area contributed by atoms with Crippen molar-refractivity contribution in [2.75, 3.05) is 26.4 Å². The maximum Gasteiger partial charge on any atom is 0.257 e. The smallest absolute Gasteiger partial charge is 0.257 e. The average molecular weight is 412 g/mol. The third kappa shape index (κ3) is 7.19. The van der Waals surface area contributed by atoms with Gasteiger partial charge < -0.3 is 19.5 Å². The Kier molecular flexibility index (Phi) is 8.55. The number of nitrogens with one attached hydrogen (secondary N) is 1. The number of amides is 1. The van der Waals surface area contributed by atoms with Gasteiger partial charge in [-0.25, -0.2) is 0 Å². The van der Waals surface area contributed by atoms with Crippen molar-refractivity contribution in [1.29, 1.82) is 0 Å². The molecule has 0 saturated carbocycles. The fourth-order valence-corrected chi connectivity index (χ4v) is 2.92. The van der Waals surface area contributed by atoms with Crippen molar-refractivity contribution >= 4 is 29.1 Å². The first-order valence-electron chi connectivity index (χ1n) is 8.76. The van der Waals surface area contributed by atoms with Gasteiger partial charge in [-0.05, 0) is 56.2 Å². The third-order valence-electron chi connectivity index (χ3n) is 3.55. The normalized spacial score (nSPS) is 10.4. The molecular formula is C20H23Cl2NO4. The molecule has 0 radical (unpaired) electrons. The second kappa shape index (κ2) is 10.9. The molecular weight excluding hydrogens is 389 g/mol. The number of hydrogen-bond donors (Lipinski definition) is 1. The van der Waals surface area contributed by atoms with E-state index in [4.69, 9.17) is 37.4 Å². The Morgan fingerprint density at radius 3 is 2.26 bits per heavy atom. The summed E-state index contributed by atoms with van der Waals surface area (Å²) in [4.78, 5) is 11.9. The Morgan fingerprint density at radius 1 is 0.926 bits per heavy atom. The summed E-state index contributed by atoms with van der Waals surface area (Å²) < 4.78 is 16.6. The van der Waals surface area contributed by atoms with Gasteiger partial charge in [-0.1, -0.05) is 29.3 Å². The Hall–Kier alpha value is -2.11. The van der Waals surface area contributed by atoms with Crippen LogP contribution in [0, 0.1) is 0 Å². The SMILES string of the molecule is CCOc1ccc(CCNC(=O)COc2cc(Cl)cc(Cl)c2)cc1OCC. The van der Waals surface area contributed by atoms with Crippen LogP contribution in [0.3, 0.4) is 0 Å². The predicted molar refractivity (Wildman–Crippen MR) is 107 cm³/mol. The van der Waals surface area contributed by atoms with Gasteiger partial charge in [0.15, 0.2) is 18.1 Å². The molecule has 0 heterocycles. The largest absolute Gasteiger partial charge is 0.490 e. The van der Waals surface area contributed by atoms with Crippen LogP contribution in [0.2, 0.25) is 10.0 Å². The Morgan fingerprint density at radius 2 is 1.59 bits per heavy atom. The lowest BCUT2D eigenvalue weighted by Gasteiger charge is -2.13. The Balaban J connectivity index is 1.81. The first-order valence-corrected chi connectivity index (χ1v) is 9.51. The van der Waals surface area contributed by atoms with Crippen LogP contribution in [-0.4, -0.2) is 32.3 Å². The van der Waals surface area contributed by atoms with E-state index in [-0.39, 0.29) is 12.5 Å². The van der Waals surface area contributed by atoms with E-state index in [1.165, 1.54) is 0 Å². The van der Waals surface area contributed by atoms with Gasteiger partial charge in [0, 0.05) is 16.6 Å². The van der Waals surface area contributed by atoms with Crippen LogP contribution in [0.15, 0.2) is 36.4 Å². The molecule has 2 aromatic carbocycles. The zero-order valence-electron chi connectivity index (χ0n) is 15.4. The van der Waals surface area contributed by atoms with Crippen LogP contribution >= 0.6 is 23.2 Å². The van der Waals surface area contributed by atoms with Crippen molar-refractivity contribution in [2.45, 2.75) is 20.3 Å². The Bertz CT molecular complexity index is 747. The van der Waals surface area contributed by atoms with Crippen molar-refractivity contribution in [2.24, 2.45) is 0 Å². The van der Waals surface area contributed by atoms with E-state index in [9.17, 15) is 4.79 Å². The number of carbonyl (C=O) groups is 1. The standard InChI is InChI=1S/C20H23Cl2NO4/c1-3-25-18-6-5-14(9-19(18)26-4-2)7-8-23-20(24)13-27-17-11-15(21)10-16(22)12-17/h5-6,9-12H,3-4,7-8,13H2,1-2H3,(H,23,24). The van der Waals surface area contributed by atoms with Gasteiger partial charge in [0.05, 0.1) is 13.2 Å². The van der Waals surface area contributed by atoms with Crippen LogP contribution in [0.4, 0.5) is 0 Å². The topological polar surface area (TPSA) is 56.8 Å². The monoisotopic (exact) mass is 411 g/mol. The molecule has 146 valence electrons. The molecule has 5 nitrogen and oxygen atoms in total. The first-order chi connectivity index (χ1) is 13.0. The minimum absolute atomic E-state index is 0.107. The molecule has 0 unspecified atom stereocenters. The molecule has 0 saturated heterocycles. The molecule has 0 fully saturated rings. The highest BCUT2D eigenvalue weighted by atomic mass is 35.5. The molecule has 2 rings (SSSR count). The van der Waals surface area contributed by atoms with E-state index in [1.54, 1.807) is 18.2 Å². The summed E-state index contributed by atoms with van der Waals surface area (Å²) >= 11 is 11.8. The van der Waals surface area contributed by atoms with Crippen LogP contribution in [-0.2, 0) is 11.2 Å². The number of benzene rings is 2. The molecule has 27 heavy (non-hydrogen) atoms. The number of carbonyl (C=O) groups excluding carboxylic acids is 1. The fourth-order valence-electron chi connectivity index (χ4n) is 2.41. The summed E-state index contributed by atoms with van der Waals surface area (Å²) in [5.74, 6) is 1.67. The molecule has 1 amide bonds. The molecule has 1 N–H and O–H groups in total. The van der Waals surface area contributed by atoms with E-state index in [1.807, 2.05) is 32.0 Å². The van der Waals surface area contributed by atoms with Crippen molar-refractivity contribution in [1.82, 2.24) is 5.32 Å². The number of ether oxygens (including phenoxy) is 3. The second-order valence-electron chi connectivity index (χ2n) is 5.64. The zero-order valence-corrected chi connectivity index (χ0v) is 16.9. The van der Waals surface area contributed by atoms with E-state index < -0.39 is 0 Å². The number of hydrogen-bond acceptors (Lipinski definition) is 4. The van der Waals surface area contributed by atoms with Crippen molar-refractivity contribution < 1.29 is 19.0 Å². The second-order valence-corrected chi connectivity index (χ2v) is 6.51. The molecule has 0 bridgehead atoms. The summed E-state index contributed by atoms with van der Waals surface area (Å²) in [6.45, 7) is 5.37. The van der Waals surface area contributed by atoms with Gasteiger partial charge in [-0.15, -0.1) is 0 Å². The van der Waals surface area contributed by atoms with Gasteiger partial charge in [0.25, 0.3) is 5.91 Å². The number of rotatable bonds is 10. The van der Waals surface area contributed by atoms with E-state index >= 15 is 0 Å². The molecule has 0 aliphatic rings. The Labute approximate surface area is 169 Å². The summed E-state index contributed by atoms with van der Waals surface area (Å²) in [5, 5.41) is 3.73. The van der Waals surface area contributed by atoms with Crippen LogP contribution < -0.4 is 19.5 Å². The lowest BCUT2D eigenvalue weighted by molar-refractivity contribution is -0.123. The highest BCUT2D eigenvalue weighted by molar-refractivity contribution is 6.34. The summed E-state index contributed by atoms with van der Waals surface area (Å²) in [6, 6.07) is 10.6. The molecule has 0 atom stereocenters. The van der Waals surface area contributed by atoms with Crippen molar-refractivity contribution in [3.63, 3.8) is 0 Å². The summed E-state index contributed by atoms with van der Waals surface area (Å²) in [7, 11) is 0. The average Bonchev–Trinajstić information content (AvgIpc) is 2.62. The van der Waals surface area contributed by atoms with Crippen LogP contribution in [0.25, 0.3) is 0 Å². The zero-order chi connectivity index (χ0) is 19.6. The maximum atomic E-state index is 11.9. The molecule has 2 aromatic rings. The highest BCUT2D eigenvalue weighted by Gasteiger charge is 2.08. The molecule has 0 aromatic heterocycles. The quantitative estimate of drug-likeness (QED) is 0.623. The van der Waals surface area contributed by atoms with Gasteiger partial charge in [-0.3, -0.25) is 4.79 Å². The highest BCUT2D eigenvalue weighted by Crippen LogP contribution is 2.28. The van der Waals surface area contributed by atoms with E-state index in [0.717, 1.165) is 11.3 Å². The van der Waals surface area contributed by atoms with Crippen molar-refractivity contribution in [3.05, 3.63) is 52.0 Å². The van der Waals surface area contributed by atoms with Gasteiger partial charge >= 0.3 is 0 Å². The van der Waals surface area contributed by atoms with Crippen LogP contribution in [0.5, 0.6) is 17.2 Å². The molecule has 0 aliphatic carbocycles. The van der Waals surface area contributed by atoms with Crippen LogP contribution in [0.1, 0.15) is 19.4 Å². The van der Waals surface area contributed by atoms with Gasteiger partial charge in [-0.2, -0.15) is 0 Å². The molecule has 0 aliphatic heterocycles. The molecule has 7 heteroatoms. The third-order valence-corrected chi connectivity index (χ3v) is 3.99. The first kappa shape index (κ1) is 21.2. The lowest BCUT2D eigenvalue weighted by Crippen LogP contribution is -2.30. The summed E-state index contributed by atoms with van der Waals surface area (Å²) in [6.07, 6.45) is 0.668. The van der Waals surface area contributed by atoms with Gasteiger partial charge in [0.2, 0.25) is 0 Å².